The number of alkyl halides is 1. The Balaban J connectivity index is 2.22. The zero-order chi connectivity index (χ0) is 14.1. The Morgan fingerprint density at radius 3 is 2.58 bits per heavy atom. The molecule has 0 bridgehead atoms. The molecule has 1 aromatic carbocycles. The third-order valence-corrected chi connectivity index (χ3v) is 4.26. The highest BCUT2D eigenvalue weighted by Crippen LogP contribution is 2.23. The molecule has 0 unspecified atom stereocenters. The number of nitro benzene ring substituents is 1. The van der Waals surface area contributed by atoms with Crippen LogP contribution >= 0.6 is 0 Å². The van der Waals surface area contributed by atoms with Gasteiger partial charge in [-0.3, -0.25) is 10.1 Å². The fraction of sp³-hybridized carbons (Fsp3) is 0.400. The second-order valence-corrected chi connectivity index (χ2v) is 6.04. The van der Waals surface area contributed by atoms with E-state index in [1.54, 1.807) is 0 Å². The van der Waals surface area contributed by atoms with Crippen molar-refractivity contribution in [3.8, 4) is 0 Å². The van der Waals surface area contributed by atoms with Gasteiger partial charge in [0.25, 0.3) is 5.69 Å². The molecular formula is C10H12FN3O4S. The first kappa shape index (κ1) is 13.8. The molecule has 1 aliphatic heterocycles. The molecule has 0 aromatic heterocycles. The highest BCUT2D eigenvalue weighted by molar-refractivity contribution is 7.89. The molecule has 1 heterocycles. The van der Waals surface area contributed by atoms with Crippen molar-refractivity contribution in [2.75, 3.05) is 19.6 Å². The van der Waals surface area contributed by atoms with Gasteiger partial charge in [0.05, 0.1) is 4.92 Å². The van der Waals surface area contributed by atoms with Crippen molar-refractivity contribution in [2.24, 2.45) is 0 Å². The lowest BCUT2D eigenvalue weighted by atomic mass is 10.0. The minimum atomic E-state index is -4.10. The van der Waals surface area contributed by atoms with Gasteiger partial charge in [-0.15, -0.1) is 0 Å². The van der Waals surface area contributed by atoms with E-state index in [-0.39, 0.29) is 13.1 Å². The summed E-state index contributed by atoms with van der Waals surface area (Å²) in [5.41, 5.74) is -2.16. The summed E-state index contributed by atoms with van der Waals surface area (Å²) in [7, 11) is -4.10. The van der Waals surface area contributed by atoms with E-state index in [0.29, 0.717) is 0 Å². The van der Waals surface area contributed by atoms with E-state index < -0.39 is 37.7 Å². The van der Waals surface area contributed by atoms with Gasteiger partial charge >= 0.3 is 0 Å². The first-order chi connectivity index (χ1) is 8.84. The molecule has 0 radical (unpaired) electrons. The summed E-state index contributed by atoms with van der Waals surface area (Å²) < 4.78 is 39.6. The van der Waals surface area contributed by atoms with E-state index in [9.17, 15) is 22.9 Å². The van der Waals surface area contributed by atoms with Crippen molar-refractivity contribution in [3.05, 3.63) is 34.4 Å². The smallest absolute Gasteiger partial charge is 0.289 e. The molecule has 0 atom stereocenters. The van der Waals surface area contributed by atoms with E-state index in [1.165, 1.54) is 12.1 Å². The van der Waals surface area contributed by atoms with Crippen LogP contribution in [0.25, 0.3) is 0 Å². The number of nitrogens with zero attached hydrogens (tertiary/aromatic N) is 1. The molecule has 1 fully saturated rings. The van der Waals surface area contributed by atoms with Gasteiger partial charge < -0.3 is 5.32 Å². The summed E-state index contributed by atoms with van der Waals surface area (Å²) in [5, 5.41) is 13.5. The lowest BCUT2D eigenvalue weighted by Crippen LogP contribution is -2.61. The second kappa shape index (κ2) is 4.83. The summed E-state index contributed by atoms with van der Waals surface area (Å²) >= 11 is 0. The van der Waals surface area contributed by atoms with Crippen LogP contribution in [0.3, 0.4) is 0 Å². The van der Waals surface area contributed by atoms with Crippen LogP contribution < -0.4 is 10.0 Å². The number of sulfonamides is 1. The predicted molar refractivity (Wildman–Crippen MR) is 65.0 cm³/mol. The molecule has 0 spiro atoms. The third-order valence-electron chi connectivity index (χ3n) is 2.81. The number of benzene rings is 1. The summed E-state index contributed by atoms with van der Waals surface area (Å²) in [6.07, 6.45) is 0. The fourth-order valence-electron chi connectivity index (χ4n) is 1.66. The normalized spacial score (nSPS) is 17.7. The van der Waals surface area contributed by atoms with Crippen molar-refractivity contribution in [2.45, 2.75) is 10.6 Å². The first-order valence-electron chi connectivity index (χ1n) is 5.47. The van der Waals surface area contributed by atoms with Crippen molar-refractivity contribution >= 4 is 15.7 Å². The Morgan fingerprint density at radius 1 is 1.42 bits per heavy atom. The quantitative estimate of drug-likeness (QED) is 0.595. The van der Waals surface area contributed by atoms with E-state index in [0.717, 1.165) is 12.1 Å². The lowest BCUT2D eigenvalue weighted by molar-refractivity contribution is -0.387. The van der Waals surface area contributed by atoms with Gasteiger partial charge in [-0.1, -0.05) is 12.1 Å². The molecule has 19 heavy (non-hydrogen) atoms. The van der Waals surface area contributed by atoms with E-state index >= 15 is 0 Å². The molecule has 2 rings (SSSR count). The number of para-hydroxylation sites is 1. The Kier molecular flexibility index (Phi) is 3.52. The maximum atomic E-state index is 13.7. The van der Waals surface area contributed by atoms with Gasteiger partial charge in [0, 0.05) is 25.7 Å². The molecule has 0 aliphatic carbocycles. The Bertz CT molecular complexity index is 601. The van der Waals surface area contributed by atoms with Crippen LogP contribution in [-0.2, 0) is 10.0 Å². The van der Waals surface area contributed by atoms with Crippen LogP contribution in [-0.4, -0.2) is 38.6 Å². The van der Waals surface area contributed by atoms with E-state index in [1.807, 2.05) is 0 Å². The molecule has 7 nitrogen and oxygen atoms in total. The molecule has 9 heteroatoms. The second-order valence-electron chi connectivity index (χ2n) is 4.30. The lowest BCUT2D eigenvalue weighted by Gasteiger charge is -2.34. The predicted octanol–water partition coefficient (Wildman–Crippen LogP) is 0.185. The molecule has 104 valence electrons. The maximum absolute atomic E-state index is 13.7. The van der Waals surface area contributed by atoms with Gasteiger partial charge in [-0.2, -0.15) is 0 Å². The number of nitrogens with one attached hydrogen (secondary N) is 2. The van der Waals surface area contributed by atoms with Crippen molar-refractivity contribution in [1.82, 2.24) is 10.0 Å². The summed E-state index contributed by atoms with van der Waals surface area (Å²) in [4.78, 5) is 9.52. The van der Waals surface area contributed by atoms with E-state index in [2.05, 4.69) is 10.0 Å². The van der Waals surface area contributed by atoms with Gasteiger partial charge in [0.2, 0.25) is 10.0 Å². The molecule has 2 N–H and O–H groups in total. The van der Waals surface area contributed by atoms with Crippen LogP contribution in [0.5, 0.6) is 0 Å². The molecule has 1 saturated heterocycles. The molecule has 1 aliphatic rings. The zero-order valence-corrected chi connectivity index (χ0v) is 10.6. The Hall–Kier alpha value is -1.58. The standard InChI is InChI=1S/C10H12FN3O4S/c11-10(5-12-6-10)7-13-19(17,18)9-4-2-1-3-8(9)14(15)16/h1-4,12-13H,5-7H2. The van der Waals surface area contributed by atoms with Gasteiger partial charge in [0.1, 0.15) is 5.67 Å². The largest absolute Gasteiger partial charge is 0.310 e. The van der Waals surface area contributed by atoms with Gasteiger partial charge in [-0.25, -0.2) is 17.5 Å². The van der Waals surface area contributed by atoms with Crippen LogP contribution in [0, 0.1) is 10.1 Å². The Morgan fingerprint density at radius 2 is 2.05 bits per heavy atom. The van der Waals surface area contributed by atoms with Crippen LogP contribution in [0.2, 0.25) is 0 Å². The number of hydrogen-bond acceptors (Lipinski definition) is 5. The number of rotatable bonds is 5. The number of nitro groups is 1. The maximum Gasteiger partial charge on any atom is 0.289 e. The van der Waals surface area contributed by atoms with Gasteiger partial charge in [0.15, 0.2) is 4.90 Å². The van der Waals surface area contributed by atoms with Crippen molar-refractivity contribution in [3.63, 3.8) is 0 Å². The summed E-state index contributed by atoms with van der Waals surface area (Å²) in [5.74, 6) is 0. The molecular weight excluding hydrogens is 277 g/mol. The van der Waals surface area contributed by atoms with E-state index in [4.69, 9.17) is 0 Å². The minimum absolute atomic E-state index is 0.0619. The average Bonchev–Trinajstić information content (AvgIpc) is 2.34. The SMILES string of the molecule is O=[N+]([O-])c1ccccc1S(=O)(=O)NCC1(F)CNC1. The minimum Gasteiger partial charge on any atom is -0.310 e. The van der Waals surface area contributed by atoms with Crippen LogP contribution in [0.1, 0.15) is 0 Å². The highest BCUT2D eigenvalue weighted by atomic mass is 32.2. The summed E-state index contributed by atoms with van der Waals surface area (Å²) in [6.45, 7) is -0.285. The fourth-order valence-corrected chi connectivity index (χ4v) is 2.94. The monoisotopic (exact) mass is 289 g/mol. The van der Waals surface area contributed by atoms with Crippen molar-refractivity contribution in [1.29, 1.82) is 0 Å². The Labute approximate surface area is 109 Å². The number of hydrogen-bond donors (Lipinski definition) is 2. The summed E-state index contributed by atoms with van der Waals surface area (Å²) in [6, 6.07) is 4.94. The topological polar surface area (TPSA) is 101 Å². The molecule has 0 saturated carbocycles. The highest BCUT2D eigenvalue weighted by Gasteiger charge is 2.38. The van der Waals surface area contributed by atoms with Crippen molar-refractivity contribution < 1.29 is 17.7 Å². The average molecular weight is 289 g/mol. The van der Waals surface area contributed by atoms with Crippen LogP contribution in [0.15, 0.2) is 29.2 Å². The number of halogens is 1. The molecule has 0 amide bonds. The molecule has 1 aromatic rings. The third kappa shape index (κ3) is 2.88. The zero-order valence-electron chi connectivity index (χ0n) is 9.80. The first-order valence-corrected chi connectivity index (χ1v) is 6.95. The van der Waals surface area contributed by atoms with Crippen LogP contribution in [0.4, 0.5) is 10.1 Å². The van der Waals surface area contributed by atoms with Gasteiger partial charge in [-0.05, 0) is 6.07 Å².